The number of amides is 2. The van der Waals surface area contributed by atoms with Gasteiger partial charge in [0.2, 0.25) is 11.8 Å². The van der Waals surface area contributed by atoms with Gasteiger partial charge in [-0.3, -0.25) is 14.5 Å². The van der Waals surface area contributed by atoms with E-state index in [1.807, 2.05) is 97.2 Å². The second-order valence-electron chi connectivity index (χ2n) is 8.24. The topological polar surface area (TPSA) is 58.6 Å². The van der Waals surface area contributed by atoms with Gasteiger partial charge in [0, 0.05) is 23.2 Å². The minimum atomic E-state index is -0.848. The number of hydrogen-bond acceptors (Lipinski definition) is 4. The predicted molar refractivity (Wildman–Crippen MR) is 141 cm³/mol. The number of nitrogens with one attached hydrogen (secondary N) is 1. The van der Waals surface area contributed by atoms with Crippen molar-refractivity contribution >= 4 is 28.8 Å². The zero-order valence-electron chi connectivity index (χ0n) is 19.8. The van der Waals surface area contributed by atoms with Gasteiger partial charge >= 0.3 is 0 Å². The summed E-state index contributed by atoms with van der Waals surface area (Å²) in [7, 11) is 1.58. The van der Waals surface area contributed by atoms with Crippen molar-refractivity contribution in [2.45, 2.75) is 25.9 Å². The number of carbonyl (C=O) groups excluding carboxylic acids is 2. The molecule has 0 bridgehead atoms. The second kappa shape index (κ2) is 11.5. The zero-order chi connectivity index (χ0) is 24.6. The Morgan fingerprint density at radius 3 is 2.40 bits per heavy atom. The highest BCUT2D eigenvalue weighted by Gasteiger charge is 2.33. The lowest BCUT2D eigenvalue weighted by Crippen LogP contribution is -2.44. The number of anilines is 1. The largest absolute Gasteiger partial charge is 0.497 e. The molecule has 3 aromatic carbocycles. The van der Waals surface area contributed by atoms with Crippen molar-refractivity contribution in [3.8, 4) is 5.75 Å². The quantitative estimate of drug-likeness (QED) is 0.332. The van der Waals surface area contributed by atoms with Gasteiger partial charge in [-0.15, -0.1) is 11.3 Å². The molecular formula is C29H28N2O3S. The Bertz CT molecular complexity index is 1250. The first-order chi connectivity index (χ1) is 17.0. The first-order valence-electron chi connectivity index (χ1n) is 11.4. The van der Waals surface area contributed by atoms with Gasteiger partial charge in [-0.05, 0) is 41.6 Å². The lowest BCUT2D eigenvalue weighted by molar-refractivity contribution is -0.126. The number of carbonyl (C=O) groups is 2. The van der Waals surface area contributed by atoms with Crippen LogP contribution in [0.5, 0.6) is 5.75 Å². The van der Waals surface area contributed by atoms with E-state index in [1.165, 1.54) is 11.3 Å². The smallest absolute Gasteiger partial charge is 0.248 e. The van der Waals surface area contributed by atoms with E-state index in [0.29, 0.717) is 18.0 Å². The molecule has 0 aliphatic carbocycles. The van der Waals surface area contributed by atoms with E-state index >= 15 is 0 Å². The Hall–Kier alpha value is -3.90. The fraction of sp³-hybridized carbons (Fsp3) is 0.172. The van der Waals surface area contributed by atoms with Crippen molar-refractivity contribution in [2.75, 3.05) is 12.0 Å². The molecule has 35 heavy (non-hydrogen) atoms. The summed E-state index contributed by atoms with van der Waals surface area (Å²) in [5.74, 6) is 0.199. The standard InChI is InChI=1S/C29H28N2O3S/c1-21-13-15-23(16-14-21)28(29(33)30-20-22-8-4-3-5-9-22)31(24-10-6-11-25(18-24)34-2)27(32)19-26-12-7-17-35-26/h3-18,28H,19-20H2,1-2H3,(H,30,33)/t28-/m1/s1. The van der Waals surface area contributed by atoms with Gasteiger partial charge in [0.25, 0.3) is 0 Å². The number of methoxy groups -OCH3 is 1. The van der Waals surface area contributed by atoms with Crippen LogP contribution in [0.2, 0.25) is 0 Å². The lowest BCUT2D eigenvalue weighted by atomic mass is 10.0. The molecule has 0 aliphatic heterocycles. The summed E-state index contributed by atoms with van der Waals surface area (Å²) in [6, 6.07) is 27.8. The van der Waals surface area contributed by atoms with Gasteiger partial charge < -0.3 is 10.1 Å². The van der Waals surface area contributed by atoms with E-state index in [0.717, 1.165) is 21.6 Å². The number of thiophene rings is 1. The van der Waals surface area contributed by atoms with Gasteiger partial charge in [0.05, 0.1) is 13.5 Å². The zero-order valence-corrected chi connectivity index (χ0v) is 20.6. The fourth-order valence-electron chi connectivity index (χ4n) is 3.89. The summed E-state index contributed by atoms with van der Waals surface area (Å²) in [4.78, 5) is 30.1. The summed E-state index contributed by atoms with van der Waals surface area (Å²) >= 11 is 1.52. The number of rotatable bonds is 9. The van der Waals surface area contributed by atoms with E-state index in [1.54, 1.807) is 18.1 Å². The monoisotopic (exact) mass is 484 g/mol. The van der Waals surface area contributed by atoms with Crippen LogP contribution in [0.3, 0.4) is 0 Å². The fourth-order valence-corrected chi connectivity index (χ4v) is 4.59. The van der Waals surface area contributed by atoms with E-state index < -0.39 is 6.04 Å². The van der Waals surface area contributed by atoms with Gasteiger partial charge in [-0.25, -0.2) is 0 Å². The Morgan fingerprint density at radius 2 is 1.71 bits per heavy atom. The van der Waals surface area contributed by atoms with Crippen LogP contribution in [0.4, 0.5) is 5.69 Å². The lowest BCUT2D eigenvalue weighted by Gasteiger charge is -2.32. The predicted octanol–water partition coefficient (Wildman–Crippen LogP) is 5.70. The molecule has 6 heteroatoms. The average Bonchev–Trinajstić information content (AvgIpc) is 3.40. The first-order valence-corrected chi connectivity index (χ1v) is 12.3. The Labute approximate surface area is 210 Å². The molecule has 0 unspecified atom stereocenters. The van der Waals surface area contributed by atoms with Crippen molar-refractivity contribution < 1.29 is 14.3 Å². The van der Waals surface area contributed by atoms with Gasteiger partial charge in [0.15, 0.2) is 0 Å². The highest BCUT2D eigenvalue weighted by molar-refractivity contribution is 7.10. The molecule has 0 radical (unpaired) electrons. The van der Waals surface area contributed by atoms with Crippen LogP contribution in [0.15, 0.2) is 96.4 Å². The maximum atomic E-state index is 13.8. The van der Waals surface area contributed by atoms with E-state index in [2.05, 4.69) is 5.32 Å². The highest BCUT2D eigenvalue weighted by atomic mass is 32.1. The maximum Gasteiger partial charge on any atom is 0.248 e. The Morgan fingerprint density at radius 1 is 0.943 bits per heavy atom. The van der Waals surface area contributed by atoms with Gasteiger partial charge in [-0.1, -0.05) is 72.3 Å². The van der Waals surface area contributed by atoms with Crippen LogP contribution in [0.1, 0.15) is 27.6 Å². The van der Waals surface area contributed by atoms with Crippen LogP contribution < -0.4 is 15.0 Å². The molecule has 4 aromatic rings. The normalized spacial score (nSPS) is 11.5. The van der Waals surface area contributed by atoms with Crippen molar-refractivity contribution in [1.29, 1.82) is 0 Å². The highest BCUT2D eigenvalue weighted by Crippen LogP contribution is 2.31. The molecule has 2 amide bonds. The van der Waals surface area contributed by atoms with Crippen molar-refractivity contribution in [3.63, 3.8) is 0 Å². The van der Waals surface area contributed by atoms with Crippen LogP contribution in [-0.4, -0.2) is 18.9 Å². The van der Waals surface area contributed by atoms with Crippen LogP contribution in [0, 0.1) is 6.92 Å². The number of nitrogens with zero attached hydrogens (tertiary/aromatic N) is 1. The van der Waals surface area contributed by atoms with Crippen LogP contribution in [-0.2, 0) is 22.6 Å². The minimum absolute atomic E-state index is 0.166. The summed E-state index contributed by atoms with van der Waals surface area (Å²) in [6.07, 6.45) is 0.198. The van der Waals surface area contributed by atoms with Crippen molar-refractivity contribution in [2.24, 2.45) is 0 Å². The second-order valence-corrected chi connectivity index (χ2v) is 9.27. The molecule has 4 rings (SSSR count). The van der Waals surface area contributed by atoms with E-state index in [-0.39, 0.29) is 18.2 Å². The molecule has 0 spiro atoms. The van der Waals surface area contributed by atoms with Gasteiger partial charge in [-0.2, -0.15) is 0 Å². The number of benzene rings is 3. The minimum Gasteiger partial charge on any atom is -0.497 e. The summed E-state index contributed by atoms with van der Waals surface area (Å²) < 4.78 is 5.42. The average molecular weight is 485 g/mol. The first kappa shape index (κ1) is 24.2. The molecule has 1 atom stereocenters. The summed E-state index contributed by atoms with van der Waals surface area (Å²) in [6.45, 7) is 2.36. The van der Waals surface area contributed by atoms with Crippen molar-refractivity contribution in [1.82, 2.24) is 5.32 Å². The number of hydrogen-bond donors (Lipinski definition) is 1. The molecule has 0 saturated heterocycles. The molecule has 0 aliphatic rings. The number of ether oxygens (including phenoxy) is 1. The van der Waals surface area contributed by atoms with Crippen LogP contribution >= 0.6 is 11.3 Å². The van der Waals surface area contributed by atoms with Gasteiger partial charge in [0.1, 0.15) is 11.8 Å². The maximum absolute atomic E-state index is 13.8. The third-order valence-corrected chi connectivity index (χ3v) is 6.59. The van der Waals surface area contributed by atoms with E-state index in [9.17, 15) is 9.59 Å². The third kappa shape index (κ3) is 6.16. The van der Waals surface area contributed by atoms with Crippen LogP contribution in [0.25, 0.3) is 0 Å². The molecule has 0 fully saturated rings. The molecule has 178 valence electrons. The SMILES string of the molecule is COc1cccc(N(C(=O)Cc2cccs2)[C@@H](C(=O)NCc2ccccc2)c2ccc(C)cc2)c1. The third-order valence-electron chi connectivity index (χ3n) is 5.71. The molecule has 5 nitrogen and oxygen atoms in total. The molecule has 1 N–H and O–H groups in total. The summed E-state index contributed by atoms with van der Waals surface area (Å²) in [5, 5.41) is 4.99. The molecule has 1 heterocycles. The molecule has 0 saturated carbocycles. The Kier molecular flexibility index (Phi) is 7.95. The summed E-state index contributed by atoms with van der Waals surface area (Å²) in [5.41, 5.74) is 3.41. The molecule has 1 aromatic heterocycles. The Balaban J connectivity index is 1.75. The molecular weight excluding hydrogens is 456 g/mol. The van der Waals surface area contributed by atoms with Crippen molar-refractivity contribution in [3.05, 3.63) is 118 Å². The number of aryl methyl sites for hydroxylation is 1. The van der Waals surface area contributed by atoms with E-state index in [4.69, 9.17) is 4.74 Å².